The van der Waals surface area contributed by atoms with E-state index in [0.717, 1.165) is 33.2 Å². The summed E-state index contributed by atoms with van der Waals surface area (Å²) in [6.45, 7) is 0. The molecule has 0 saturated carbocycles. The van der Waals surface area contributed by atoms with Gasteiger partial charge in [0.05, 0.1) is 16.7 Å². The molecule has 7 aromatic rings. The first-order valence-corrected chi connectivity index (χ1v) is 10.6. The zero-order valence-electron chi connectivity index (χ0n) is 16.8. The van der Waals surface area contributed by atoms with E-state index >= 15 is 0 Å². The molecule has 1 N–H and O–H groups in total. The van der Waals surface area contributed by atoms with Gasteiger partial charge in [-0.1, -0.05) is 78.9 Å². The van der Waals surface area contributed by atoms with Crippen LogP contribution in [0.2, 0.25) is 0 Å². The number of H-pyrrole nitrogens is 1. The van der Waals surface area contributed by atoms with E-state index in [0.29, 0.717) is 0 Å². The number of hydrogen-bond donors (Lipinski definition) is 1. The third kappa shape index (κ3) is 2.36. The van der Waals surface area contributed by atoms with Gasteiger partial charge in [0.25, 0.3) is 0 Å². The summed E-state index contributed by atoms with van der Waals surface area (Å²) >= 11 is 0. The van der Waals surface area contributed by atoms with Gasteiger partial charge >= 0.3 is 0 Å². The Hall–Kier alpha value is -4.17. The van der Waals surface area contributed by atoms with Crippen LogP contribution in [0.25, 0.3) is 65.5 Å². The molecule has 0 aliphatic rings. The topological polar surface area (TPSA) is 28.7 Å². The first kappa shape index (κ1) is 16.6. The lowest BCUT2D eigenvalue weighted by Gasteiger charge is -2.11. The fraction of sp³-hybridized carbons (Fsp3) is 0. The summed E-state index contributed by atoms with van der Waals surface area (Å²) in [5.41, 5.74) is 5.35. The number of nitrogens with zero attached hydrogens (tertiary/aromatic N) is 1. The maximum Gasteiger partial charge on any atom is 0.0965 e. The van der Waals surface area contributed by atoms with Gasteiger partial charge in [0.2, 0.25) is 0 Å². The molecular formula is C29H18N2. The molecule has 0 bridgehead atoms. The van der Waals surface area contributed by atoms with Gasteiger partial charge in [-0.3, -0.25) is 0 Å². The zero-order valence-corrected chi connectivity index (χ0v) is 16.8. The molecule has 2 heteroatoms. The van der Waals surface area contributed by atoms with Crippen LogP contribution in [0.3, 0.4) is 0 Å². The Labute approximate surface area is 178 Å². The van der Waals surface area contributed by atoms with Crippen LogP contribution in [0.4, 0.5) is 0 Å². The number of para-hydroxylation sites is 1. The Morgan fingerprint density at radius 1 is 0.452 bits per heavy atom. The van der Waals surface area contributed by atoms with Gasteiger partial charge in [-0.15, -0.1) is 0 Å². The predicted molar refractivity (Wildman–Crippen MR) is 132 cm³/mol. The number of aromatic nitrogens is 2. The third-order valence-corrected chi connectivity index (χ3v) is 6.39. The van der Waals surface area contributed by atoms with Gasteiger partial charge in [-0.25, -0.2) is 4.98 Å². The summed E-state index contributed by atoms with van der Waals surface area (Å²) in [5, 5.41) is 8.89. The Morgan fingerprint density at radius 3 is 1.74 bits per heavy atom. The van der Waals surface area contributed by atoms with Crippen LogP contribution in [-0.2, 0) is 0 Å². The average Bonchev–Trinajstić information content (AvgIpc) is 3.22. The van der Waals surface area contributed by atoms with Crippen LogP contribution in [0.1, 0.15) is 0 Å². The second-order valence-corrected chi connectivity index (χ2v) is 8.11. The number of rotatable bonds is 1. The second-order valence-electron chi connectivity index (χ2n) is 8.11. The van der Waals surface area contributed by atoms with E-state index in [1.54, 1.807) is 0 Å². The number of benzene rings is 5. The molecule has 2 heterocycles. The van der Waals surface area contributed by atoms with E-state index in [9.17, 15) is 0 Å². The Balaban J connectivity index is 1.54. The highest BCUT2D eigenvalue weighted by atomic mass is 14.8. The van der Waals surface area contributed by atoms with Crippen molar-refractivity contribution in [3.05, 3.63) is 103 Å². The lowest BCUT2D eigenvalue weighted by Crippen LogP contribution is -1.87. The molecular weight excluding hydrogens is 376 g/mol. The first-order chi connectivity index (χ1) is 15.4. The smallest absolute Gasteiger partial charge is 0.0965 e. The summed E-state index contributed by atoms with van der Waals surface area (Å²) < 4.78 is 0. The summed E-state index contributed by atoms with van der Waals surface area (Å²) in [5.74, 6) is 0. The maximum absolute atomic E-state index is 5.05. The number of nitrogens with one attached hydrogen (secondary N) is 1. The van der Waals surface area contributed by atoms with Crippen molar-refractivity contribution in [2.45, 2.75) is 0 Å². The summed E-state index contributed by atoms with van der Waals surface area (Å²) in [6.07, 6.45) is 0. The predicted octanol–water partition coefficient (Wildman–Crippen LogP) is 7.84. The molecule has 0 saturated heterocycles. The van der Waals surface area contributed by atoms with Gasteiger partial charge < -0.3 is 4.98 Å². The number of pyridine rings is 1. The van der Waals surface area contributed by atoms with Crippen LogP contribution in [0.5, 0.6) is 0 Å². The van der Waals surface area contributed by atoms with Crippen molar-refractivity contribution < 1.29 is 0 Å². The molecule has 5 aromatic carbocycles. The highest BCUT2D eigenvalue weighted by molar-refractivity contribution is 6.25. The van der Waals surface area contributed by atoms with Crippen molar-refractivity contribution in [2.24, 2.45) is 0 Å². The molecule has 0 fully saturated rings. The number of fused-ring (bicyclic) bond motifs is 9. The fourth-order valence-corrected chi connectivity index (χ4v) is 4.94. The van der Waals surface area contributed by atoms with Crippen molar-refractivity contribution >= 4 is 54.3 Å². The Morgan fingerprint density at radius 2 is 1.03 bits per heavy atom. The summed E-state index contributed by atoms with van der Waals surface area (Å²) in [6, 6.07) is 36.7. The molecule has 2 nitrogen and oxygen atoms in total. The van der Waals surface area contributed by atoms with Crippen molar-refractivity contribution in [1.29, 1.82) is 0 Å². The minimum atomic E-state index is 0.997. The van der Waals surface area contributed by atoms with E-state index in [-0.39, 0.29) is 0 Å². The molecule has 0 amide bonds. The quantitative estimate of drug-likeness (QED) is 0.282. The van der Waals surface area contributed by atoms with Crippen LogP contribution >= 0.6 is 0 Å². The minimum Gasteiger partial charge on any atom is -0.353 e. The molecule has 144 valence electrons. The van der Waals surface area contributed by atoms with Gasteiger partial charge in [0, 0.05) is 16.5 Å². The van der Waals surface area contributed by atoms with Crippen molar-refractivity contribution in [3.8, 4) is 11.3 Å². The zero-order chi connectivity index (χ0) is 20.4. The van der Waals surface area contributed by atoms with E-state index in [1.807, 2.05) is 0 Å². The van der Waals surface area contributed by atoms with E-state index in [2.05, 4.69) is 108 Å². The van der Waals surface area contributed by atoms with Crippen molar-refractivity contribution in [1.82, 2.24) is 9.97 Å². The van der Waals surface area contributed by atoms with Crippen molar-refractivity contribution in [3.63, 3.8) is 0 Å². The summed E-state index contributed by atoms with van der Waals surface area (Å²) in [7, 11) is 0. The largest absolute Gasteiger partial charge is 0.353 e. The molecule has 31 heavy (non-hydrogen) atoms. The first-order valence-electron chi connectivity index (χ1n) is 10.6. The molecule has 0 spiro atoms. The Kier molecular flexibility index (Phi) is 3.30. The van der Waals surface area contributed by atoms with E-state index in [4.69, 9.17) is 4.98 Å². The average molecular weight is 394 g/mol. The van der Waals surface area contributed by atoms with E-state index in [1.165, 1.54) is 32.3 Å². The lowest BCUT2D eigenvalue weighted by atomic mass is 9.93. The number of hydrogen-bond acceptors (Lipinski definition) is 1. The van der Waals surface area contributed by atoms with Gasteiger partial charge in [-0.05, 0) is 56.6 Å². The van der Waals surface area contributed by atoms with Crippen LogP contribution in [0.15, 0.2) is 103 Å². The molecule has 0 aliphatic heterocycles. The van der Waals surface area contributed by atoms with Gasteiger partial charge in [0.1, 0.15) is 0 Å². The maximum atomic E-state index is 5.05. The van der Waals surface area contributed by atoms with Crippen LogP contribution in [-0.4, -0.2) is 9.97 Å². The molecule has 0 unspecified atom stereocenters. The Bertz CT molecular complexity index is 1750. The van der Waals surface area contributed by atoms with E-state index < -0.39 is 0 Å². The highest BCUT2D eigenvalue weighted by Crippen LogP contribution is 2.37. The standard InChI is InChI=1S/C29H18N2/c1-2-9-21-19(7-1)20-8-3-4-10-22(20)25-17-18(13-14-23(21)25)26-15-16-28-29(31-26)24-11-5-6-12-27(24)30-28/h1-17,30H. The van der Waals surface area contributed by atoms with Gasteiger partial charge in [-0.2, -0.15) is 0 Å². The van der Waals surface area contributed by atoms with Gasteiger partial charge in [0.15, 0.2) is 0 Å². The van der Waals surface area contributed by atoms with Crippen molar-refractivity contribution in [2.75, 3.05) is 0 Å². The lowest BCUT2D eigenvalue weighted by molar-refractivity contribution is 1.41. The molecule has 0 atom stereocenters. The second kappa shape index (κ2) is 6.16. The number of aromatic amines is 1. The fourth-order valence-electron chi connectivity index (χ4n) is 4.94. The third-order valence-electron chi connectivity index (χ3n) is 6.39. The molecule has 0 aliphatic carbocycles. The van der Waals surface area contributed by atoms with Crippen LogP contribution in [0, 0.1) is 0 Å². The molecule has 7 rings (SSSR count). The monoisotopic (exact) mass is 394 g/mol. The SMILES string of the molecule is c1ccc2c(c1)[nH]c1ccc(-c3ccc4c5ccccc5c5ccccc5c4c3)nc12. The van der Waals surface area contributed by atoms with Crippen LogP contribution < -0.4 is 0 Å². The molecule has 2 aromatic heterocycles. The summed E-state index contributed by atoms with van der Waals surface area (Å²) in [4.78, 5) is 8.52. The molecule has 0 radical (unpaired) electrons. The minimum absolute atomic E-state index is 0.997. The normalized spacial score (nSPS) is 11.9. The highest BCUT2D eigenvalue weighted by Gasteiger charge is 2.11.